The molecule has 0 bridgehead atoms. The number of hydrogen-bond donors (Lipinski definition) is 2. The van der Waals surface area contributed by atoms with Crippen molar-refractivity contribution in [3.05, 3.63) is 89.4 Å². The highest BCUT2D eigenvalue weighted by Crippen LogP contribution is 2.25. The number of nitrogens with one attached hydrogen (secondary N) is 2. The molecule has 8 nitrogen and oxygen atoms in total. The van der Waals surface area contributed by atoms with Crippen LogP contribution in [0.1, 0.15) is 23.2 Å². The number of nitrogens with zero attached hydrogens (tertiary/aromatic N) is 1. The van der Waals surface area contributed by atoms with Gasteiger partial charge in [0.05, 0.1) is 27.9 Å². The number of anilines is 2. The fraction of sp³-hybridized carbons (Fsp3) is 0.231. The highest BCUT2D eigenvalue weighted by molar-refractivity contribution is 7.92. The van der Waals surface area contributed by atoms with Gasteiger partial charge in [0.1, 0.15) is 6.54 Å². The number of benzene rings is 3. The van der Waals surface area contributed by atoms with Gasteiger partial charge in [0.2, 0.25) is 5.91 Å². The van der Waals surface area contributed by atoms with Gasteiger partial charge >= 0.3 is 0 Å². The van der Waals surface area contributed by atoms with Crippen molar-refractivity contribution in [1.29, 1.82) is 0 Å². The number of amides is 2. The molecule has 0 unspecified atom stereocenters. The first kappa shape index (κ1) is 25.7. The van der Waals surface area contributed by atoms with Crippen LogP contribution in [0.2, 0.25) is 5.02 Å². The van der Waals surface area contributed by atoms with Crippen molar-refractivity contribution in [2.45, 2.75) is 23.8 Å². The van der Waals surface area contributed by atoms with Gasteiger partial charge in [-0.2, -0.15) is 0 Å². The molecule has 3 aromatic carbocycles. The SMILES string of the molecule is O=C(CN(c1ccccc1)S(=O)(=O)c1ccc(Cl)cc1)Nc1ccccc1C(=O)NC[C@@H]1CCCO1. The number of rotatable bonds is 9. The van der Waals surface area contributed by atoms with Crippen molar-refractivity contribution in [3.63, 3.8) is 0 Å². The number of hydrogen-bond acceptors (Lipinski definition) is 5. The zero-order valence-corrected chi connectivity index (χ0v) is 21.0. The number of halogens is 1. The predicted molar refractivity (Wildman–Crippen MR) is 139 cm³/mol. The van der Waals surface area contributed by atoms with Gasteiger partial charge < -0.3 is 15.4 Å². The molecule has 3 aromatic rings. The van der Waals surface area contributed by atoms with Crippen LogP contribution in [0.25, 0.3) is 0 Å². The van der Waals surface area contributed by atoms with Crippen molar-refractivity contribution < 1.29 is 22.7 Å². The van der Waals surface area contributed by atoms with Crippen molar-refractivity contribution in [3.8, 4) is 0 Å². The molecule has 2 N–H and O–H groups in total. The summed E-state index contributed by atoms with van der Waals surface area (Å²) in [5, 5.41) is 5.93. The second-order valence-corrected chi connectivity index (χ2v) is 10.5. The average molecular weight is 528 g/mol. The van der Waals surface area contributed by atoms with Gasteiger partial charge in [-0.3, -0.25) is 13.9 Å². The summed E-state index contributed by atoms with van der Waals surface area (Å²) in [5.41, 5.74) is 0.880. The molecular formula is C26H26ClN3O5S. The summed E-state index contributed by atoms with van der Waals surface area (Å²) >= 11 is 5.92. The van der Waals surface area contributed by atoms with Crippen LogP contribution < -0.4 is 14.9 Å². The first-order valence-corrected chi connectivity index (χ1v) is 13.3. The van der Waals surface area contributed by atoms with E-state index in [0.29, 0.717) is 23.9 Å². The molecule has 2 amide bonds. The third kappa shape index (κ3) is 6.23. The largest absolute Gasteiger partial charge is 0.376 e. The molecule has 1 heterocycles. The summed E-state index contributed by atoms with van der Waals surface area (Å²) in [6, 6.07) is 20.6. The second-order valence-electron chi connectivity index (χ2n) is 8.24. The van der Waals surface area contributed by atoms with Crippen molar-refractivity contribution >= 4 is 44.8 Å². The fourth-order valence-corrected chi connectivity index (χ4v) is 5.41. The molecule has 1 atom stereocenters. The Bertz CT molecular complexity index is 1310. The molecule has 1 saturated heterocycles. The van der Waals surface area contributed by atoms with Crippen LogP contribution in [0, 0.1) is 0 Å². The Hall–Kier alpha value is -3.40. The van der Waals surface area contributed by atoms with Gasteiger partial charge in [-0.1, -0.05) is 41.9 Å². The molecule has 0 radical (unpaired) electrons. The summed E-state index contributed by atoms with van der Waals surface area (Å²) in [4.78, 5) is 25.9. The normalized spacial score (nSPS) is 15.3. The lowest BCUT2D eigenvalue weighted by molar-refractivity contribution is -0.114. The van der Waals surface area contributed by atoms with E-state index in [0.717, 1.165) is 17.1 Å². The van der Waals surface area contributed by atoms with Gasteiger partial charge in [-0.05, 0) is 61.4 Å². The first-order chi connectivity index (χ1) is 17.3. The van der Waals surface area contributed by atoms with E-state index < -0.39 is 22.5 Å². The molecule has 188 valence electrons. The summed E-state index contributed by atoms with van der Waals surface area (Å²) in [7, 11) is -4.08. The molecule has 1 fully saturated rings. The molecular weight excluding hydrogens is 502 g/mol. The van der Waals surface area contributed by atoms with Gasteiger partial charge in [-0.15, -0.1) is 0 Å². The van der Waals surface area contributed by atoms with Crippen LogP contribution in [0.4, 0.5) is 11.4 Å². The third-order valence-electron chi connectivity index (χ3n) is 5.69. The summed E-state index contributed by atoms with van der Waals surface area (Å²) in [6.07, 6.45) is 1.83. The Morgan fingerprint density at radius 1 is 0.972 bits per heavy atom. The molecule has 10 heteroatoms. The van der Waals surface area contributed by atoms with Crippen LogP contribution in [-0.4, -0.2) is 46.0 Å². The third-order valence-corrected chi connectivity index (χ3v) is 7.73. The van der Waals surface area contributed by atoms with Crippen molar-refractivity contribution in [2.24, 2.45) is 0 Å². The van der Waals surface area contributed by atoms with Crippen LogP contribution in [0.15, 0.2) is 83.8 Å². The first-order valence-electron chi connectivity index (χ1n) is 11.5. The Kier molecular flexibility index (Phi) is 8.25. The zero-order chi connectivity index (χ0) is 25.5. The molecule has 0 saturated carbocycles. The quantitative estimate of drug-likeness (QED) is 0.436. The summed E-state index contributed by atoms with van der Waals surface area (Å²) < 4.78 is 33.5. The van der Waals surface area contributed by atoms with Crippen molar-refractivity contribution in [2.75, 3.05) is 29.3 Å². The lowest BCUT2D eigenvalue weighted by Crippen LogP contribution is -2.38. The Morgan fingerprint density at radius 2 is 1.67 bits per heavy atom. The maximum atomic E-state index is 13.4. The molecule has 36 heavy (non-hydrogen) atoms. The van der Waals surface area contributed by atoms with Crippen LogP contribution in [-0.2, 0) is 19.6 Å². The van der Waals surface area contributed by atoms with E-state index in [-0.39, 0.29) is 28.2 Å². The van der Waals surface area contributed by atoms with Crippen LogP contribution >= 0.6 is 11.6 Å². The maximum Gasteiger partial charge on any atom is 0.264 e. The van der Waals surface area contributed by atoms with E-state index in [1.54, 1.807) is 54.6 Å². The van der Waals surface area contributed by atoms with Gasteiger partial charge in [0, 0.05) is 18.2 Å². The minimum Gasteiger partial charge on any atom is -0.376 e. The molecule has 0 spiro atoms. The molecule has 1 aliphatic rings. The molecule has 0 aromatic heterocycles. The van der Waals surface area contributed by atoms with Gasteiger partial charge in [0.15, 0.2) is 0 Å². The van der Waals surface area contributed by atoms with E-state index in [9.17, 15) is 18.0 Å². The van der Waals surface area contributed by atoms with Gasteiger partial charge in [0.25, 0.3) is 15.9 Å². The van der Waals surface area contributed by atoms with E-state index in [1.165, 1.54) is 24.3 Å². The van der Waals surface area contributed by atoms with Gasteiger partial charge in [-0.25, -0.2) is 8.42 Å². The zero-order valence-electron chi connectivity index (χ0n) is 19.4. The Labute approximate surface area is 215 Å². The van der Waals surface area contributed by atoms with E-state index in [4.69, 9.17) is 16.3 Å². The highest BCUT2D eigenvalue weighted by Gasteiger charge is 2.28. The Morgan fingerprint density at radius 3 is 2.36 bits per heavy atom. The number of para-hydroxylation sites is 2. The highest BCUT2D eigenvalue weighted by atomic mass is 35.5. The molecule has 1 aliphatic heterocycles. The number of ether oxygens (including phenoxy) is 1. The molecule has 4 rings (SSSR count). The maximum absolute atomic E-state index is 13.4. The van der Waals surface area contributed by atoms with Crippen LogP contribution in [0.3, 0.4) is 0 Å². The number of sulfonamides is 1. The monoisotopic (exact) mass is 527 g/mol. The van der Waals surface area contributed by atoms with Crippen LogP contribution in [0.5, 0.6) is 0 Å². The fourth-order valence-electron chi connectivity index (χ4n) is 3.86. The van der Waals surface area contributed by atoms with E-state index in [1.807, 2.05) is 0 Å². The predicted octanol–water partition coefficient (Wildman–Crippen LogP) is 4.08. The van der Waals surface area contributed by atoms with E-state index >= 15 is 0 Å². The molecule has 0 aliphatic carbocycles. The number of carbonyl (C=O) groups excluding carboxylic acids is 2. The second kappa shape index (κ2) is 11.6. The summed E-state index contributed by atoms with van der Waals surface area (Å²) in [6.45, 7) is 0.563. The smallest absolute Gasteiger partial charge is 0.264 e. The standard InChI is InChI=1S/C26H26ClN3O5S/c27-19-12-14-22(15-13-19)36(33,34)30(20-7-2-1-3-8-20)18-25(31)29-24-11-5-4-10-23(24)26(32)28-17-21-9-6-16-35-21/h1-5,7-8,10-15,21H,6,9,16-18H2,(H,28,32)(H,29,31)/t21-/m0/s1. The lowest BCUT2D eigenvalue weighted by Gasteiger charge is -2.24. The lowest BCUT2D eigenvalue weighted by atomic mass is 10.1. The minimum absolute atomic E-state index is 0.00235. The van der Waals surface area contributed by atoms with Crippen molar-refractivity contribution in [1.82, 2.24) is 5.32 Å². The topological polar surface area (TPSA) is 105 Å². The van der Waals surface area contributed by atoms with E-state index in [2.05, 4.69) is 10.6 Å². The average Bonchev–Trinajstić information content (AvgIpc) is 3.41. The summed E-state index contributed by atoms with van der Waals surface area (Å²) in [5.74, 6) is -0.953. The number of carbonyl (C=O) groups is 2. The Balaban J connectivity index is 1.53. The minimum atomic E-state index is -4.08.